The van der Waals surface area contributed by atoms with Crippen LogP contribution in [0, 0.1) is 0 Å². The van der Waals surface area contributed by atoms with Gasteiger partial charge >= 0.3 is 0 Å². The molecule has 7 nitrogen and oxygen atoms in total. The van der Waals surface area contributed by atoms with Gasteiger partial charge in [0.2, 0.25) is 0 Å². The van der Waals surface area contributed by atoms with Crippen molar-refractivity contribution in [2.45, 2.75) is 18.3 Å². The number of likely N-dealkylation sites (N-methyl/N-ethyl adjacent to an activating group) is 1. The minimum absolute atomic E-state index is 0.281. The van der Waals surface area contributed by atoms with Crippen molar-refractivity contribution in [2.75, 3.05) is 47.5 Å². The first-order valence-corrected chi connectivity index (χ1v) is 5.36. The van der Waals surface area contributed by atoms with Crippen molar-refractivity contribution < 1.29 is 35.1 Å². The molecule has 0 rings (SSSR count). The normalized spacial score (nSPS) is 16.8. The molecule has 3 atom stereocenters. The van der Waals surface area contributed by atoms with E-state index in [9.17, 15) is 0 Å². The molecule has 0 aliphatic heterocycles. The summed E-state index contributed by atoms with van der Waals surface area (Å²) in [5, 5.41) is 51.0. The Labute approximate surface area is 102 Å². The first-order valence-electron chi connectivity index (χ1n) is 5.36. The molecule has 0 aliphatic carbocycles. The predicted octanol–water partition coefficient (Wildman–Crippen LogP) is -3.26. The largest absolute Gasteiger partial charge is 0.394 e. The van der Waals surface area contributed by atoms with E-state index in [2.05, 4.69) is 21.1 Å². The molecule has 0 fully saturated rings. The monoisotopic (exact) mass is 256 g/mol. The minimum Gasteiger partial charge on any atom is -0.394 e. The molecule has 0 aromatic rings. The summed E-state index contributed by atoms with van der Waals surface area (Å²) < 4.78 is 0.844. The van der Waals surface area contributed by atoms with Gasteiger partial charge in [-0.25, -0.2) is 0 Å². The summed E-state index contributed by atoms with van der Waals surface area (Å²) in [6.45, 7) is -0.167. The lowest BCUT2D eigenvalue weighted by atomic mass is 10.1. The van der Waals surface area contributed by atoms with Crippen LogP contribution in [0.25, 0.3) is 0 Å². The van der Waals surface area contributed by atoms with Crippen molar-refractivity contribution in [3.8, 4) is 0 Å². The lowest BCUT2D eigenvalue weighted by Gasteiger charge is -2.21. The number of aliphatic hydroxyl groups is 6. The SMILES string of the molecule is C[N+](C)(C)CCO.OC[C@@H](O)C(O)[C@@H](O)CO. The van der Waals surface area contributed by atoms with Crippen LogP contribution >= 0.6 is 0 Å². The van der Waals surface area contributed by atoms with Crippen LogP contribution in [0.5, 0.6) is 0 Å². The topological polar surface area (TPSA) is 121 Å². The Hall–Kier alpha value is -0.280. The van der Waals surface area contributed by atoms with Crippen LogP contribution in [0.1, 0.15) is 0 Å². The van der Waals surface area contributed by atoms with Gasteiger partial charge in [0, 0.05) is 0 Å². The van der Waals surface area contributed by atoms with E-state index in [1.165, 1.54) is 0 Å². The van der Waals surface area contributed by atoms with Gasteiger partial charge in [-0.1, -0.05) is 0 Å². The number of quaternary nitrogens is 1. The molecule has 1 unspecified atom stereocenters. The Morgan fingerprint density at radius 1 is 0.824 bits per heavy atom. The lowest BCUT2D eigenvalue weighted by Crippen LogP contribution is -2.41. The van der Waals surface area contributed by atoms with Gasteiger partial charge in [-0.2, -0.15) is 0 Å². The minimum atomic E-state index is -1.49. The molecule has 0 heterocycles. The van der Waals surface area contributed by atoms with Gasteiger partial charge in [0.25, 0.3) is 0 Å². The number of nitrogens with zero attached hydrogens (tertiary/aromatic N) is 1. The number of rotatable bonds is 6. The molecule has 0 saturated heterocycles. The molecule has 0 amide bonds. The van der Waals surface area contributed by atoms with E-state index >= 15 is 0 Å². The maximum absolute atomic E-state index is 8.77. The van der Waals surface area contributed by atoms with Gasteiger partial charge in [-0.3, -0.25) is 0 Å². The molecule has 0 saturated carbocycles. The van der Waals surface area contributed by atoms with E-state index < -0.39 is 31.5 Å². The fourth-order valence-corrected chi connectivity index (χ4v) is 0.772. The van der Waals surface area contributed by atoms with Crippen LogP contribution in [0.3, 0.4) is 0 Å². The van der Waals surface area contributed by atoms with Crippen LogP contribution < -0.4 is 0 Å². The standard InChI is InChI=1S/C5H14NO.C5H12O5/c1-6(2,3)4-5-7;6-1-3(8)5(10)4(9)2-7/h7H,4-5H2,1-3H3;3-10H,1-2H2/q+1;/t;3-,4+,5?. The maximum Gasteiger partial charge on any atom is 0.110 e. The zero-order valence-corrected chi connectivity index (χ0v) is 10.7. The smallest absolute Gasteiger partial charge is 0.110 e. The van der Waals surface area contributed by atoms with Crippen molar-refractivity contribution in [1.29, 1.82) is 0 Å². The highest BCUT2D eigenvalue weighted by atomic mass is 16.4. The Bertz CT molecular complexity index is 163. The molecule has 106 valence electrons. The van der Waals surface area contributed by atoms with E-state index in [-0.39, 0.29) is 6.61 Å². The molecule has 0 aromatic heterocycles. The van der Waals surface area contributed by atoms with Gasteiger partial charge in [0.05, 0.1) is 41.0 Å². The van der Waals surface area contributed by atoms with Crippen LogP contribution in [-0.2, 0) is 0 Å². The average Bonchev–Trinajstić information content (AvgIpc) is 2.25. The Morgan fingerprint density at radius 3 is 1.29 bits per heavy atom. The third kappa shape index (κ3) is 12.0. The predicted molar refractivity (Wildman–Crippen MR) is 62.2 cm³/mol. The quantitative estimate of drug-likeness (QED) is 0.277. The molecule has 0 spiro atoms. The summed E-state index contributed by atoms with van der Waals surface area (Å²) in [6, 6.07) is 0. The highest BCUT2D eigenvalue weighted by Crippen LogP contribution is 1.98. The molecular formula is C10H26NO6+. The van der Waals surface area contributed by atoms with Crippen LogP contribution in [0.15, 0.2) is 0 Å². The van der Waals surface area contributed by atoms with Gasteiger partial charge in [0.1, 0.15) is 24.9 Å². The van der Waals surface area contributed by atoms with Crippen molar-refractivity contribution in [3.05, 3.63) is 0 Å². The third-order valence-electron chi connectivity index (χ3n) is 1.93. The molecule has 7 heteroatoms. The molecule has 0 aliphatic rings. The second kappa shape index (κ2) is 9.72. The Morgan fingerprint density at radius 2 is 1.18 bits per heavy atom. The van der Waals surface area contributed by atoms with Crippen LogP contribution in [0.2, 0.25) is 0 Å². The summed E-state index contributed by atoms with van der Waals surface area (Å²) in [4.78, 5) is 0. The summed E-state index contributed by atoms with van der Waals surface area (Å²) in [6.07, 6.45) is -4.29. The first kappa shape index (κ1) is 19.1. The van der Waals surface area contributed by atoms with Gasteiger partial charge < -0.3 is 35.1 Å². The molecular weight excluding hydrogens is 230 g/mol. The van der Waals surface area contributed by atoms with Crippen molar-refractivity contribution in [1.82, 2.24) is 0 Å². The fourth-order valence-electron chi connectivity index (χ4n) is 0.772. The van der Waals surface area contributed by atoms with E-state index in [1.54, 1.807) is 0 Å². The van der Waals surface area contributed by atoms with Gasteiger partial charge in [0.15, 0.2) is 0 Å². The van der Waals surface area contributed by atoms with Gasteiger partial charge in [-0.05, 0) is 0 Å². The van der Waals surface area contributed by atoms with E-state index in [0.717, 1.165) is 11.0 Å². The number of aliphatic hydroxyl groups excluding tert-OH is 6. The molecule has 0 aromatic carbocycles. The Balaban J connectivity index is 0. The summed E-state index contributed by atoms with van der Waals surface area (Å²) in [5.41, 5.74) is 0. The number of hydrogen-bond donors (Lipinski definition) is 6. The first-order chi connectivity index (χ1) is 7.69. The highest BCUT2D eigenvalue weighted by molar-refractivity contribution is 4.73. The van der Waals surface area contributed by atoms with Crippen LogP contribution in [-0.4, -0.2) is 101 Å². The van der Waals surface area contributed by atoms with E-state index in [4.69, 9.17) is 30.6 Å². The summed E-state index contributed by atoms with van der Waals surface area (Å²) in [5.74, 6) is 0. The summed E-state index contributed by atoms with van der Waals surface area (Å²) in [7, 11) is 6.16. The molecule has 6 N–H and O–H groups in total. The van der Waals surface area contributed by atoms with E-state index in [0.29, 0.717) is 0 Å². The molecule has 0 radical (unpaired) electrons. The second-order valence-corrected chi connectivity index (χ2v) is 4.73. The number of hydrogen-bond acceptors (Lipinski definition) is 6. The average molecular weight is 256 g/mol. The maximum atomic E-state index is 8.77. The lowest BCUT2D eigenvalue weighted by molar-refractivity contribution is -0.870. The van der Waals surface area contributed by atoms with Crippen LogP contribution in [0.4, 0.5) is 0 Å². The van der Waals surface area contributed by atoms with Crippen molar-refractivity contribution >= 4 is 0 Å². The Kier molecular flexibility index (Phi) is 10.9. The van der Waals surface area contributed by atoms with Crippen molar-refractivity contribution in [3.63, 3.8) is 0 Å². The second-order valence-electron chi connectivity index (χ2n) is 4.73. The van der Waals surface area contributed by atoms with Gasteiger partial charge in [-0.15, -0.1) is 0 Å². The van der Waals surface area contributed by atoms with E-state index in [1.807, 2.05) is 0 Å². The molecule has 17 heavy (non-hydrogen) atoms. The third-order valence-corrected chi connectivity index (χ3v) is 1.93. The fraction of sp³-hybridized carbons (Fsp3) is 1.00. The molecule has 0 bridgehead atoms. The zero-order valence-electron chi connectivity index (χ0n) is 10.7. The summed E-state index contributed by atoms with van der Waals surface area (Å²) >= 11 is 0. The van der Waals surface area contributed by atoms with Crippen molar-refractivity contribution in [2.24, 2.45) is 0 Å². The highest BCUT2D eigenvalue weighted by Gasteiger charge is 2.22. The zero-order chi connectivity index (χ0) is 14.1.